The quantitative estimate of drug-likeness (QED) is 0.929. The van der Waals surface area contributed by atoms with Gasteiger partial charge in [0.2, 0.25) is 0 Å². The Morgan fingerprint density at radius 2 is 1.96 bits per heavy atom. The lowest BCUT2D eigenvalue weighted by atomic mass is 9.91. The van der Waals surface area contributed by atoms with Crippen molar-refractivity contribution in [2.24, 2.45) is 0 Å². The number of benzene rings is 2. The van der Waals surface area contributed by atoms with Crippen LogP contribution in [0.1, 0.15) is 33.1 Å². The van der Waals surface area contributed by atoms with Crippen LogP contribution in [-0.2, 0) is 11.2 Å². The van der Waals surface area contributed by atoms with Gasteiger partial charge in [-0.25, -0.2) is 4.79 Å². The van der Waals surface area contributed by atoms with E-state index in [-0.39, 0.29) is 5.91 Å². The molecule has 0 radical (unpaired) electrons. The number of carboxylic acid groups (broad SMARTS) is 1. The Labute approximate surface area is 144 Å². The van der Waals surface area contributed by atoms with Crippen LogP contribution in [0.25, 0.3) is 0 Å². The van der Waals surface area contributed by atoms with Crippen LogP contribution in [0.3, 0.4) is 0 Å². The first-order valence-electron chi connectivity index (χ1n) is 7.76. The fraction of sp³-hybridized carbons (Fsp3) is 0.211. The van der Waals surface area contributed by atoms with Crippen LogP contribution in [0.5, 0.6) is 5.75 Å². The van der Waals surface area contributed by atoms with E-state index in [1.54, 1.807) is 43.5 Å². The molecule has 0 aromatic heterocycles. The summed E-state index contributed by atoms with van der Waals surface area (Å²) in [5.74, 6) is -0.777. The number of nitriles is 1. The fourth-order valence-corrected chi connectivity index (χ4v) is 3.07. The van der Waals surface area contributed by atoms with Gasteiger partial charge < -0.3 is 14.7 Å². The molecular weight excluding hydrogens is 320 g/mol. The number of aliphatic carboxylic acids is 1. The zero-order valence-corrected chi connectivity index (χ0v) is 13.6. The van der Waals surface area contributed by atoms with E-state index in [9.17, 15) is 14.7 Å². The van der Waals surface area contributed by atoms with Crippen molar-refractivity contribution in [1.82, 2.24) is 4.90 Å². The van der Waals surface area contributed by atoms with E-state index in [1.807, 2.05) is 12.1 Å². The molecule has 0 bridgehead atoms. The second kappa shape index (κ2) is 6.65. The third-order valence-corrected chi connectivity index (χ3v) is 4.33. The summed E-state index contributed by atoms with van der Waals surface area (Å²) in [7, 11) is 1.56. The van der Waals surface area contributed by atoms with Crippen LogP contribution >= 0.6 is 0 Å². The van der Waals surface area contributed by atoms with Gasteiger partial charge in [0, 0.05) is 12.1 Å². The van der Waals surface area contributed by atoms with E-state index in [4.69, 9.17) is 10.00 Å². The van der Waals surface area contributed by atoms with Crippen molar-refractivity contribution < 1.29 is 19.4 Å². The topological polar surface area (TPSA) is 90.6 Å². The van der Waals surface area contributed by atoms with Gasteiger partial charge in [0.15, 0.2) is 6.04 Å². The summed E-state index contributed by atoms with van der Waals surface area (Å²) in [6.07, 6.45) is 0.554. The highest BCUT2D eigenvalue weighted by atomic mass is 16.5. The molecule has 1 unspecified atom stereocenters. The summed E-state index contributed by atoms with van der Waals surface area (Å²) in [6.45, 7) is 0.302. The molecule has 0 saturated carbocycles. The third-order valence-electron chi connectivity index (χ3n) is 4.33. The fourth-order valence-electron chi connectivity index (χ4n) is 3.07. The molecule has 2 aromatic rings. The Hall–Kier alpha value is -3.33. The second-order valence-corrected chi connectivity index (χ2v) is 5.74. The summed E-state index contributed by atoms with van der Waals surface area (Å²) in [6, 6.07) is 12.3. The van der Waals surface area contributed by atoms with E-state index in [0.29, 0.717) is 35.4 Å². The Balaban J connectivity index is 1.96. The van der Waals surface area contributed by atoms with E-state index < -0.39 is 12.0 Å². The average molecular weight is 336 g/mol. The lowest BCUT2D eigenvalue weighted by Gasteiger charge is -2.35. The van der Waals surface area contributed by atoms with Gasteiger partial charge in [-0.2, -0.15) is 5.26 Å². The molecule has 2 aromatic carbocycles. The first-order valence-corrected chi connectivity index (χ1v) is 7.76. The molecule has 1 heterocycles. The smallest absolute Gasteiger partial charge is 0.331 e. The number of carbonyl (C=O) groups excluding carboxylic acids is 1. The summed E-state index contributed by atoms with van der Waals surface area (Å²) in [5, 5.41) is 18.5. The summed E-state index contributed by atoms with van der Waals surface area (Å²) in [5.41, 5.74) is 2.28. The predicted octanol–water partition coefficient (Wildman–Crippen LogP) is 2.39. The molecule has 1 amide bonds. The first kappa shape index (κ1) is 16.5. The highest BCUT2D eigenvalue weighted by Gasteiger charge is 2.36. The maximum atomic E-state index is 12.8. The maximum absolute atomic E-state index is 12.8. The number of hydrogen-bond acceptors (Lipinski definition) is 4. The van der Waals surface area contributed by atoms with Gasteiger partial charge in [0.05, 0.1) is 18.7 Å². The SMILES string of the molecule is COc1ccc2c(c1)CCN(C(=O)c1ccc(C#N)cc1)C2C(=O)O. The van der Waals surface area contributed by atoms with Crippen LogP contribution in [-0.4, -0.2) is 35.5 Å². The van der Waals surface area contributed by atoms with Gasteiger partial charge in [0.1, 0.15) is 5.75 Å². The molecule has 0 fully saturated rings. The van der Waals surface area contributed by atoms with E-state index in [1.165, 1.54) is 4.90 Å². The minimum absolute atomic E-state index is 0.302. The molecule has 6 nitrogen and oxygen atoms in total. The monoisotopic (exact) mass is 336 g/mol. The second-order valence-electron chi connectivity index (χ2n) is 5.74. The molecule has 1 N–H and O–H groups in total. The number of fused-ring (bicyclic) bond motifs is 1. The lowest BCUT2D eigenvalue weighted by Crippen LogP contribution is -2.43. The first-order chi connectivity index (χ1) is 12.0. The van der Waals surface area contributed by atoms with Gasteiger partial charge in [-0.1, -0.05) is 6.07 Å². The van der Waals surface area contributed by atoms with Crippen molar-refractivity contribution in [2.45, 2.75) is 12.5 Å². The van der Waals surface area contributed by atoms with Gasteiger partial charge in [-0.3, -0.25) is 4.79 Å². The highest BCUT2D eigenvalue weighted by Crippen LogP contribution is 2.33. The standard InChI is InChI=1S/C19H16N2O4/c1-25-15-6-7-16-14(10-15)8-9-21(17(16)19(23)24)18(22)13-4-2-12(11-20)3-5-13/h2-7,10,17H,8-9H2,1H3,(H,23,24). The van der Waals surface area contributed by atoms with Gasteiger partial charge in [-0.15, -0.1) is 0 Å². The van der Waals surface area contributed by atoms with E-state index in [0.717, 1.165) is 5.56 Å². The highest BCUT2D eigenvalue weighted by molar-refractivity contribution is 5.97. The number of carboxylic acids is 1. The van der Waals surface area contributed by atoms with Crippen molar-refractivity contribution in [3.63, 3.8) is 0 Å². The van der Waals surface area contributed by atoms with Crippen molar-refractivity contribution in [3.05, 3.63) is 64.7 Å². The molecule has 1 atom stereocenters. The van der Waals surface area contributed by atoms with E-state index >= 15 is 0 Å². The average Bonchev–Trinajstić information content (AvgIpc) is 2.65. The van der Waals surface area contributed by atoms with Crippen molar-refractivity contribution in [1.29, 1.82) is 5.26 Å². The van der Waals surface area contributed by atoms with Gasteiger partial charge >= 0.3 is 5.97 Å². The van der Waals surface area contributed by atoms with Crippen LogP contribution in [0.4, 0.5) is 0 Å². The summed E-state index contributed by atoms with van der Waals surface area (Å²) >= 11 is 0. The van der Waals surface area contributed by atoms with Crippen LogP contribution < -0.4 is 4.74 Å². The minimum atomic E-state index is -1.08. The molecule has 0 aliphatic carbocycles. The number of rotatable bonds is 3. The van der Waals surface area contributed by atoms with Gasteiger partial charge in [0.25, 0.3) is 5.91 Å². The predicted molar refractivity (Wildman–Crippen MR) is 89.3 cm³/mol. The summed E-state index contributed by atoms with van der Waals surface area (Å²) < 4.78 is 5.19. The number of amides is 1. The molecule has 0 spiro atoms. The maximum Gasteiger partial charge on any atom is 0.331 e. The van der Waals surface area contributed by atoms with Crippen LogP contribution in [0.2, 0.25) is 0 Å². The molecular formula is C19H16N2O4. The number of nitrogens with zero attached hydrogens (tertiary/aromatic N) is 2. The number of ether oxygens (including phenoxy) is 1. The van der Waals surface area contributed by atoms with Crippen molar-refractivity contribution >= 4 is 11.9 Å². The molecule has 6 heteroatoms. The number of methoxy groups -OCH3 is 1. The molecule has 1 aliphatic rings. The minimum Gasteiger partial charge on any atom is -0.497 e. The molecule has 25 heavy (non-hydrogen) atoms. The Morgan fingerprint density at radius 3 is 2.56 bits per heavy atom. The molecule has 3 rings (SSSR count). The largest absolute Gasteiger partial charge is 0.497 e. The zero-order chi connectivity index (χ0) is 18.0. The molecule has 1 aliphatic heterocycles. The zero-order valence-electron chi connectivity index (χ0n) is 13.6. The van der Waals surface area contributed by atoms with Crippen LogP contribution in [0.15, 0.2) is 42.5 Å². The number of carbonyl (C=O) groups is 2. The summed E-state index contributed by atoms with van der Waals surface area (Å²) in [4.78, 5) is 26.0. The van der Waals surface area contributed by atoms with Crippen molar-refractivity contribution in [3.8, 4) is 11.8 Å². The Morgan fingerprint density at radius 1 is 1.24 bits per heavy atom. The van der Waals surface area contributed by atoms with E-state index in [2.05, 4.69) is 0 Å². The van der Waals surface area contributed by atoms with Gasteiger partial charge in [-0.05, 0) is 53.9 Å². The molecule has 0 saturated heterocycles. The normalized spacial score (nSPS) is 15.8. The Kier molecular flexibility index (Phi) is 4.40. The lowest BCUT2D eigenvalue weighted by molar-refractivity contribution is -0.143. The number of hydrogen-bond donors (Lipinski definition) is 1. The Bertz CT molecular complexity index is 868. The van der Waals surface area contributed by atoms with Crippen LogP contribution in [0, 0.1) is 11.3 Å². The third kappa shape index (κ3) is 3.04. The van der Waals surface area contributed by atoms with Crippen molar-refractivity contribution in [2.75, 3.05) is 13.7 Å². The molecule has 126 valence electrons.